The maximum Gasteiger partial charge on any atom is 0.180 e. The smallest absolute Gasteiger partial charge is 0.180 e. The fraction of sp³-hybridized carbons (Fsp3) is 0.455. The van der Waals surface area contributed by atoms with Gasteiger partial charge in [0.25, 0.3) is 0 Å². The minimum atomic E-state index is -0.0754. The van der Waals surface area contributed by atoms with Gasteiger partial charge in [-0.05, 0) is 50.6 Å². The maximum absolute atomic E-state index is 6.68. The second-order valence-corrected chi connectivity index (χ2v) is 9.38. The van der Waals surface area contributed by atoms with Crippen molar-refractivity contribution in [3.8, 4) is 11.5 Å². The Morgan fingerprint density at radius 2 is 2.14 bits per heavy atom. The van der Waals surface area contributed by atoms with Gasteiger partial charge in [-0.15, -0.1) is 0 Å². The van der Waals surface area contributed by atoms with Crippen molar-refractivity contribution in [2.75, 3.05) is 13.2 Å². The summed E-state index contributed by atoms with van der Waals surface area (Å²) < 4.78 is 11.9. The second kappa shape index (κ2) is 8.44. The molecule has 3 atom stereocenters. The van der Waals surface area contributed by atoms with Gasteiger partial charge in [-0.2, -0.15) is 0 Å². The number of thioether (sulfide) groups is 1. The van der Waals surface area contributed by atoms with E-state index < -0.39 is 0 Å². The van der Waals surface area contributed by atoms with E-state index >= 15 is 0 Å². The van der Waals surface area contributed by atoms with Gasteiger partial charge in [0.05, 0.1) is 29.5 Å². The highest BCUT2D eigenvalue weighted by Crippen LogP contribution is 2.50. The molecule has 7 heteroatoms. The van der Waals surface area contributed by atoms with E-state index in [2.05, 4.69) is 22.9 Å². The standard InChI is InChI=1S/C22H26ClN3O2S/c1-5-27-18-11-15(10-16(23)21(18)28-13(2)3)20-19(17-8-6-7-9-24-17)25-22-26(20)12-14(4)29-22/h6-11,13-14,19-20H,5,12H2,1-4H3/t14-,19-,20-/m1/s1. The summed E-state index contributed by atoms with van der Waals surface area (Å²) in [4.78, 5) is 12.0. The van der Waals surface area contributed by atoms with Crippen LogP contribution in [-0.4, -0.2) is 39.6 Å². The van der Waals surface area contributed by atoms with Gasteiger partial charge < -0.3 is 14.4 Å². The van der Waals surface area contributed by atoms with Crippen molar-refractivity contribution in [3.63, 3.8) is 0 Å². The molecule has 0 spiro atoms. The molecule has 0 radical (unpaired) electrons. The van der Waals surface area contributed by atoms with Crippen LogP contribution in [0.1, 0.15) is 51.0 Å². The van der Waals surface area contributed by atoms with E-state index in [1.807, 2.05) is 63.0 Å². The first kappa shape index (κ1) is 20.4. The topological polar surface area (TPSA) is 47.0 Å². The minimum Gasteiger partial charge on any atom is -0.490 e. The third-order valence-corrected chi connectivity index (χ3v) is 6.29. The number of pyridine rings is 1. The van der Waals surface area contributed by atoms with E-state index in [0.29, 0.717) is 28.4 Å². The van der Waals surface area contributed by atoms with E-state index in [4.69, 9.17) is 26.1 Å². The van der Waals surface area contributed by atoms with Gasteiger partial charge in [0, 0.05) is 18.0 Å². The highest BCUT2D eigenvalue weighted by atomic mass is 35.5. The Bertz CT molecular complexity index is 906. The number of aromatic nitrogens is 1. The Morgan fingerprint density at radius 1 is 1.31 bits per heavy atom. The first-order valence-electron chi connectivity index (χ1n) is 10.0. The summed E-state index contributed by atoms with van der Waals surface area (Å²) in [5.41, 5.74) is 2.03. The highest BCUT2D eigenvalue weighted by molar-refractivity contribution is 8.14. The summed E-state index contributed by atoms with van der Waals surface area (Å²) in [5.74, 6) is 1.28. The largest absolute Gasteiger partial charge is 0.490 e. The van der Waals surface area contributed by atoms with Crippen LogP contribution in [-0.2, 0) is 0 Å². The molecule has 2 aromatic rings. The van der Waals surface area contributed by atoms with Crippen molar-refractivity contribution < 1.29 is 9.47 Å². The molecule has 0 saturated carbocycles. The van der Waals surface area contributed by atoms with Crippen molar-refractivity contribution in [1.29, 1.82) is 0 Å². The molecule has 1 fully saturated rings. The number of hydrogen-bond donors (Lipinski definition) is 0. The Hall–Kier alpha value is -1.92. The van der Waals surface area contributed by atoms with E-state index in [0.717, 1.165) is 23.0 Å². The molecular weight excluding hydrogens is 406 g/mol. The van der Waals surface area contributed by atoms with E-state index in [9.17, 15) is 0 Å². The molecule has 1 saturated heterocycles. The zero-order valence-electron chi connectivity index (χ0n) is 17.1. The molecule has 5 nitrogen and oxygen atoms in total. The molecule has 154 valence electrons. The van der Waals surface area contributed by atoms with E-state index in [-0.39, 0.29) is 18.2 Å². The Kier molecular flexibility index (Phi) is 5.93. The average Bonchev–Trinajstić information content (AvgIpc) is 3.21. The number of halogens is 1. The Balaban J connectivity index is 1.78. The minimum absolute atomic E-state index is 0.0103. The van der Waals surface area contributed by atoms with Crippen molar-refractivity contribution in [1.82, 2.24) is 9.88 Å². The molecule has 29 heavy (non-hydrogen) atoms. The van der Waals surface area contributed by atoms with Crippen molar-refractivity contribution in [2.24, 2.45) is 4.99 Å². The summed E-state index contributed by atoms with van der Waals surface area (Å²) in [6, 6.07) is 9.99. The number of aliphatic imine (C=N–C) groups is 1. The van der Waals surface area contributed by atoms with E-state index in [1.54, 1.807) is 0 Å². The normalized spacial score (nSPS) is 23.3. The quantitative estimate of drug-likeness (QED) is 0.603. The molecule has 0 aliphatic carbocycles. The number of fused-ring (bicyclic) bond motifs is 1. The van der Waals surface area contributed by atoms with Gasteiger partial charge in [0.2, 0.25) is 0 Å². The summed E-state index contributed by atoms with van der Waals surface area (Å²) in [7, 11) is 0. The van der Waals surface area contributed by atoms with Gasteiger partial charge in [-0.1, -0.05) is 36.4 Å². The van der Waals surface area contributed by atoms with E-state index in [1.165, 1.54) is 0 Å². The number of benzene rings is 1. The summed E-state index contributed by atoms with van der Waals surface area (Å²) >= 11 is 8.50. The van der Waals surface area contributed by atoms with Gasteiger partial charge in [0.1, 0.15) is 6.04 Å². The number of ether oxygens (including phenoxy) is 2. The lowest BCUT2D eigenvalue weighted by Crippen LogP contribution is -2.28. The number of hydrogen-bond acceptors (Lipinski definition) is 6. The molecule has 4 rings (SSSR count). The molecule has 0 unspecified atom stereocenters. The zero-order chi connectivity index (χ0) is 20.5. The Labute approximate surface area is 181 Å². The Morgan fingerprint density at radius 3 is 2.83 bits per heavy atom. The molecule has 2 aliphatic heterocycles. The maximum atomic E-state index is 6.68. The summed E-state index contributed by atoms with van der Waals surface area (Å²) in [6.07, 6.45) is 1.83. The molecule has 3 heterocycles. The summed E-state index contributed by atoms with van der Waals surface area (Å²) in [5, 5.41) is 2.15. The predicted octanol–water partition coefficient (Wildman–Crippen LogP) is 5.51. The lowest BCUT2D eigenvalue weighted by Gasteiger charge is -2.28. The molecule has 0 bridgehead atoms. The molecule has 1 aromatic carbocycles. The van der Waals surface area contributed by atoms with Crippen molar-refractivity contribution >= 4 is 28.5 Å². The first-order valence-corrected chi connectivity index (χ1v) is 11.3. The van der Waals surface area contributed by atoms with Crippen LogP contribution in [0, 0.1) is 0 Å². The molecular formula is C22H26ClN3O2S. The van der Waals surface area contributed by atoms with Gasteiger partial charge in [0.15, 0.2) is 16.7 Å². The van der Waals surface area contributed by atoms with Crippen molar-refractivity contribution in [2.45, 2.75) is 51.1 Å². The van der Waals surface area contributed by atoms with Crippen LogP contribution in [0.4, 0.5) is 0 Å². The highest BCUT2D eigenvalue weighted by Gasteiger charge is 2.44. The first-order chi connectivity index (χ1) is 14.0. The molecule has 0 N–H and O–H groups in total. The van der Waals surface area contributed by atoms with Gasteiger partial charge in [-0.3, -0.25) is 9.98 Å². The fourth-order valence-corrected chi connectivity index (χ4v) is 5.21. The van der Waals surface area contributed by atoms with Crippen LogP contribution in [0.25, 0.3) is 0 Å². The molecule has 2 aliphatic rings. The third kappa shape index (κ3) is 4.05. The number of rotatable bonds is 6. The number of nitrogens with zero attached hydrogens (tertiary/aromatic N) is 3. The zero-order valence-corrected chi connectivity index (χ0v) is 18.7. The fourth-order valence-electron chi connectivity index (χ4n) is 3.85. The summed E-state index contributed by atoms with van der Waals surface area (Å²) in [6.45, 7) is 9.65. The third-order valence-electron chi connectivity index (χ3n) is 4.91. The SMILES string of the molecule is CCOc1cc([C@@H]2[C@@H](c3ccccn3)N=C3S[C@H](C)CN32)cc(Cl)c1OC(C)C. The van der Waals surface area contributed by atoms with Crippen LogP contribution in [0.2, 0.25) is 5.02 Å². The second-order valence-electron chi connectivity index (χ2n) is 7.57. The van der Waals surface area contributed by atoms with Crippen LogP contribution < -0.4 is 9.47 Å². The average molecular weight is 432 g/mol. The van der Waals surface area contributed by atoms with Crippen LogP contribution in [0.5, 0.6) is 11.5 Å². The van der Waals surface area contributed by atoms with Gasteiger partial charge >= 0.3 is 0 Å². The lowest BCUT2D eigenvalue weighted by molar-refractivity contribution is 0.223. The lowest BCUT2D eigenvalue weighted by atomic mass is 9.96. The van der Waals surface area contributed by atoms with Crippen LogP contribution in [0.15, 0.2) is 41.5 Å². The van der Waals surface area contributed by atoms with Crippen LogP contribution in [0.3, 0.4) is 0 Å². The predicted molar refractivity (Wildman–Crippen MR) is 119 cm³/mol. The molecule has 0 amide bonds. The van der Waals surface area contributed by atoms with Crippen molar-refractivity contribution in [3.05, 3.63) is 52.8 Å². The van der Waals surface area contributed by atoms with Gasteiger partial charge in [-0.25, -0.2) is 0 Å². The number of amidine groups is 1. The van der Waals surface area contributed by atoms with Crippen LogP contribution >= 0.6 is 23.4 Å². The monoisotopic (exact) mass is 431 g/mol. The molecule has 1 aromatic heterocycles.